The Bertz CT molecular complexity index is 917. The van der Waals surface area contributed by atoms with E-state index >= 15 is 0 Å². The molecule has 1 amide bonds. The number of aromatic nitrogens is 1. The van der Waals surface area contributed by atoms with Crippen LogP contribution in [0, 0.1) is 0 Å². The van der Waals surface area contributed by atoms with Gasteiger partial charge in [-0.3, -0.25) is 9.78 Å². The topological polar surface area (TPSA) is 63.6 Å². The molecular formula is C20H19N3O2. The zero-order chi connectivity index (χ0) is 17.0. The van der Waals surface area contributed by atoms with Gasteiger partial charge >= 0.3 is 0 Å². The van der Waals surface area contributed by atoms with E-state index in [2.05, 4.69) is 21.4 Å². The summed E-state index contributed by atoms with van der Waals surface area (Å²) >= 11 is 0. The lowest BCUT2D eigenvalue weighted by atomic mass is 9.67. The van der Waals surface area contributed by atoms with Crippen LogP contribution in [0.15, 0.2) is 41.5 Å². The number of amidine groups is 1. The van der Waals surface area contributed by atoms with Gasteiger partial charge in [0.15, 0.2) is 0 Å². The second kappa shape index (κ2) is 5.15. The standard InChI is InChI=1S/C20H19N3O2/c1-21-18-13-11-22-16(12-6-7-12)10-15(13)20(19(24)23-18)8-9-25-17-5-3-2-4-14(17)20/h2-5,10-12H,6-9H2,1H3,(H,21,23,24). The van der Waals surface area contributed by atoms with Gasteiger partial charge in [-0.25, -0.2) is 0 Å². The molecule has 0 saturated heterocycles. The van der Waals surface area contributed by atoms with E-state index in [0.717, 1.165) is 28.1 Å². The highest BCUT2D eigenvalue weighted by Crippen LogP contribution is 2.49. The maximum atomic E-state index is 13.3. The number of amides is 1. The van der Waals surface area contributed by atoms with Crippen LogP contribution in [0.3, 0.4) is 0 Å². The minimum absolute atomic E-state index is 0.118. The third-order valence-corrected chi connectivity index (χ3v) is 5.53. The highest BCUT2D eigenvalue weighted by Gasteiger charge is 2.50. The van der Waals surface area contributed by atoms with E-state index in [1.807, 2.05) is 30.5 Å². The first-order valence-electron chi connectivity index (χ1n) is 8.78. The maximum Gasteiger partial charge on any atom is 0.263 e. The monoisotopic (exact) mass is 333 g/mol. The molecule has 3 aliphatic rings. The molecule has 1 N–H and O–H groups in total. The first kappa shape index (κ1) is 14.6. The van der Waals surface area contributed by atoms with E-state index < -0.39 is 5.41 Å². The summed E-state index contributed by atoms with van der Waals surface area (Å²) in [5.74, 6) is 1.79. The van der Waals surface area contributed by atoms with Crippen molar-refractivity contribution in [1.82, 2.24) is 10.3 Å². The first-order valence-corrected chi connectivity index (χ1v) is 8.78. The molecule has 1 unspecified atom stereocenters. The van der Waals surface area contributed by atoms with Gasteiger partial charge in [0.1, 0.15) is 17.0 Å². The minimum atomic E-state index is -0.767. The SMILES string of the molecule is CNC1=NC(=O)C2(CCOc3ccccc32)c2cc(C3CC3)ncc21. The van der Waals surface area contributed by atoms with Crippen molar-refractivity contribution in [3.63, 3.8) is 0 Å². The highest BCUT2D eigenvalue weighted by molar-refractivity contribution is 6.14. The smallest absolute Gasteiger partial charge is 0.263 e. The number of fused-ring (bicyclic) bond motifs is 4. The molecule has 5 rings (SSSR count). The van der Waals surface area contributed by atoms with Gasteiger partial charge in [0.2, 0.25) is 0 Å². The van der Waals surface area contributed by atoms with E-state index in [-0.39, 0.29) is 5.91 Å². The van der Waals surface area contributed by atoms with Gasteiger partial charge in [-0.05, 0) is 30.5 Å². The Labute approximate surface area is 146 Å². The third kappa shape index (κ3) is 1.98. The number of benzene rings is 1. The summed E-state index contributed by atoms with van der Waals surface area (Å²) < 4.78 is 5.83. The van der Waals surface area contributed by atoms with Gasteiger partial charge < -0.3 is 10.1 Å². The molecule has 1 fully saturated rings. The lowest BCUT2D eigenvalue weighted by molar-refractivity contribution is -0.123. The Morgan fingerprint density at radius 1 is 1.24 bits per heavy atom. The van der Waals surface area contributed by atoms with Crippen LogP contribution in [-0.2, 0) is 10.2 Å². The minimum Gasteiger partial charge on any atom is -0.493 e. The predicted molar refractivity (Wildman–Crippen MR) is 94.1 cm³/mol. The summed E-state index contributed by atoms with van der Waals surface area (Å²) in [6, 6.07) is 9.97. The molecule has 126 valence electrons. The molecule has 1 spiro atoms. The number of aliphatic imine (C=N–C) groups is 1. The lowest BCUT2D eigenvalue weighted by Gasteiger charge is -2.40. The Hall–Kier alpha value is -2.69. The number of para-hydroxylation sites is 1. The quantitative estimate of drug-likeness (QED) is 0.871. The number of hydrogen-bond acceptors (Lipinski definition) is 4. The highest BCUT2D eigenvalue weighted by atomic mass is 16.5. The average Bonchev–Trinajstić information content (AvgIpc) is 3.50. The summed E-state index contributed by atoms with van der Waals surface area (Å²) in [5, 5.41) is 3.06. The molecule has 5 nitrogen and oxygen atoms in total. The number of nitrogens with one attached hydrogen (secondary N) is 1. The van der Waals surface area contributed by atoms with Gasteiger partial charge in [-0.1, -0.05) is 18.2 Å². The Morgan fingerprint density at radius 3 is 2.88 bits per heavy atom. The van der Waals surface area contributed by atoms with Crippen molar-refractivity contribution >= 4 is 11.7 Å². The molecule has 1 atom stereocenters. The fraction of sp³-hybridized carbons (Fsp3) is 0.350. The molecule has 5 heteroatoms. The van der Waals surface area contributed by atoms with Crippen LogP contribution in [0.5, 0.6) is 5.75 Å². The molecule has 1 saturated carbocycles. The van der Waals surface area contributed by atoms with Crippen LogP contribution >= 0.6 is 0 Å². The van der Waals surface area contributed by atoms with Crippen molar-refractivity contribution in [3.05, 3.63) is 58.9 Å². The first-order chi connectivity index (χ1) is 12.2. The van der Waals surface area contributed by atoms with Crippen molar-refractivity contribution < 1.29 is 9.53 Å². The number of hydrogen-bond donors (Lipinski definition) is 1. The number of carbonyl (C=O) groups excluding carboxylic acids is 1. The molecule has 2 aromatic rings. The van der Waals surface area contributed by atoms with Crippen LogP contribution in [0.1, 0.15) is 47.6 Å². The average molecular weight is 333 g/mol. The van der Waals surface area contributed by atoms with Gasteiger partial charge in [0.05, 0.1) is 6.61 Å². The van der Waals surface area contributed by atoms with Gasteiger partial charge in [0.25, 0.3) is 5.91 Å². The van der Waals surface area contributed by atoms with Crippen molar-refractivity contribution in [2.75, 3.05) is 13.7 Å². The molecule has 1 aromatic heterocycles. The Balaban J connectivity index is 1.81. The fourth-order valence-electron chi connectivity index (χ4n) is 4.07. The van der Waals surface area contributed by atoms with Crippen LogP contribution < -0.4 is 10.1 Å². The summed E-state index contributed by atoms with van der Waals surface area (Å²) in [5.41, 5.74) is 3.18. The Kier molecular flexibility index (Phi) is 3.02. The van der Waals surface area contributed by atoms with Crippen LogP contribution in [0.2, 0.25) is 0 Å². The second-order valence-corrected chi connectivity index (χ2v) is 6.94. The number of rotatable bonds is 1. The van der Waals surface area contributed by atoms with Gasteiger partial charge in [0, 0.05) is 42.4 Å². The molecule has 1 aliphatic carbocycles. The summed E-state index contributed by atoms with van der Waals surface area (Å²) in [6.07, 6.45) is 4.84. The number of pyridine rings is 1. The van der Waals surface area contributed by atoms with Crippen molar-refractivity contribution in [2.45, 2.75) is 30.6 Å². The van der Waals surface area contributed by atoms with E-state index in [1.165, 1.54) is 12.8 Å². The largest absolute Gasteiger partial charge is 0.493 e. The molecule has 2 aliphatic heterocycles. The van der Waals surface area contributed by atoms with E-state index in [9.17, 15) is 4.79 Å². The van der Waals surface area contributed by atoms with Crippen LogP contribution in [-0.4, -0.2) is 30.4 Å². The predicted octanol–water partition coefficient (Wildman–Crippen LogP) is 2.53. The van der Waals surface area contributed by atoms with Gasteiger partial charge in [-0.2, -0.15) is 4.99 Å². The second-order valence-electron chi connectivity index (χ2n) is 6.94. The van der Waals surface area contributed by atoms with Crippen molar-refractivity contribution in [3.8, 4) is 5.75 Å². The fourth-order valence-corrected chi connectivity index (χ4v) is 4.07. The lowest BCUT2D eigenvalue weighted by Crippen LogP contribution is -2.46. The van der Waals surface area contributed by atoms with E-state index in [0.29, 0.717) is 24.8 Å². The van der Waals surface area contributed by atoms with Crippen LogP contribution in [0.25, 0.3) is 0 Å². The number of carbonyl (C=O) groups is 1. The zero-order valence-electron chi connectivity index (χ0n) is 14.1. The number of nitrogens with zero attached hydrogens (tertiary/aromatic N) is 2. The zero-order valence-corrected chi connectivity index (χ0v) is 14.1. The third-order valence-electron chi connectivity index (χ3n) is 5.53. The Morgan fingerprint density at radius 2 is 2.08 bits per heavy atom. The van der Waals surface area contributed by atoms with Crippen molar-refractivity contribution in [2.24, 2.45) is 4.99 Å². The molecule has 3 heterocycles. The summed E-state index contributed by atoms with van der Waals surface area (Å²) in [7, 11) is 1.79. The normalized spacial score (nSPS) is 24.2. The number of ether oxygens (including phenoxy) is 1. The molecular weight excluding hydrogens is 314 g/mol. The summed E-state index contributed by atoms with van der Waals surface area (Å²) in [4.78, 5) is 22.3. The molecule has 25 heavy (non-hydrogen) atoms. The van der Waals surface area contributed by atoms with E-state index in [4.69, 9.17) is 4.74 Å². The van der Waals surface area contributed by atoms with Crippen LogP contribution in [0.4, 0.5) is 0 Å². The molecule has 1 aromatic carbocycles. The maximum absolute atomic E-state index is 13.3. The van der Waals surface area contributed by atoms with E-state index in [1.54, 1.807) is 7.05 Å². The van der Waals surface area contributed by atoms with Crippen molar-refractivity contribution in [1.29, 1.82) is 0 Å². The summed E-state index contributed by atoms with van der Waals surface area (Å²) in [6.45, 7) is 0.508. The molecule has 0 bridgehead atoms. The molecule has 0 radical (unpaired) electrons. The van der Waals surface area contributed by atoms with Gasteiger partial charge in [-0.15, -0.1) is 0 Å².